The summed E-state index contributed by atoms with van der Waals surface area (Å²) < 4.78 is 0. The summed E-state index contributed by atoms with van der Waals surface area (Å²) >= 11 is 0. The summed E-state index contributed by atoms with van der Waals surface area (Å²) in [7, 11) is 0. The van der Waals surface area contributed by atoms with Crippen molar-refractivity contribution in [2.24, 2.45) is 0 Å². The fourth-order valence-electron chi connectivity index (χ4n) is 3.72. The summed E-state index contributed by atoms with van der Waals surface area (Å²) in [5.74, 6) is -0.128. The van der Waals surface area contributed by atoms with Gasteiger partial charge in [0.1, 0.15) is 0 Å². The Morgan fingerprint density at radius 1 is 1.15 bits per heavy atom. The first-order chi connectivity index (χ1) is 13.1. The lowest BCUT2D eigenvalue weighted by atomic mass is 10.1. The maximum Gasteiger partial charge on any atom is 0.257 e. The van der Waals surface area contributed by atoms with Crippen LogP contribution in [0.25, 0.3) is 0 Å². The van der Waals surface area contributed by atoms with E-state index in [-0.39, 0.29) is 5.91 Å². The lowest BCUT2D eigenvalue weighted by Crippen LogP contribution is -2.22. The van der Waals surface area contributed by atoms with Crippen molar-refractivity contribution in [3.05, 3.63) is 47.8 Å². The van der Waals surface area contributed by atoms with Gasteiger partial charge in [0.2, 0.25) is 0 Å². The predicted molar refractivity (Wildman–Crippen MR) is 113 cm³/mol. The predicted octanol–water partition coefficient (Wildman–Crippen LogP) is 4.84. The molecule has 1 fully saturated rings. The Bertz CT molecular complexity index is 780. The highest BCUT2D eigenvalue weighted by molar-refractivity contribution is 6.05. The molecule has 1 amide bonds. The van der Waals surface area contributed by atoms with Crippen molar-refractivity contribution in [1.82, 2.24) is 4.98 Å². The second-order valence-electron chi connectivity index (χ2n) is 7.21. The zero-order chi connectivity index (χ0) is 19.2. The van der Waals surface area contributed by atoms with Crippen molar-refractivity contribution < 1.29 is 4.79 Å². The first-order valence-corrected chi connectivity index (χ1v) is 9.99. The van der Waals surface area contributed by atoms with Gasteiger partial charge in [-0.05, 0) is 63.4 Å². The molecule has 0 radical (unpaired) electrons. The summed E-state index contributed by atoms with van der Waals surface area (Å²) in [6, 6.07) is 8.56. The van der Waals surface area contributed by atoms with Gasteiger partial charge in [-0.3, -0.25) is 9.78 Å². The van der Waals surface area contributed by atoms with Crippen molar-refractivity contribution in [1.29, 1.82) is 0 Å². The van der Waals surface area contributed by atoms with Crippen molar-refractivity contribution in [2.75, 3.05) is 28.6 Å². The highest BCUT2D eigenvalue weighted by Crippen LogP contribution is 2.24. The van der Waals surface area contributed by atoms with Gasteiger partial charge in [-0.15, -0.1) is 0 Å². The zero-order valence-electron chi connectivity index (χ0n) is 16.6. The minimum absolute atomic E-state index is 0.128. The van der Waals surface area contributed by atoms with Gasteiger partial charge in [-0.1, -0.05) is 12.8 Å². The average molecular weight is 367 g/mol. The lowest BCUT2D eigenvalue weighted by Gasteiger charge is -2.22. The summed E-state index contributed by atoms with van der Waals surface area (Å²) in [5.41, 5.74) is 4.57. The topological polar surface area (TPSA) is 57.3 Å². The van der Waals surface area contributed by atoms with Crippen LogP contribution in [-0.2, 0) is 0 Å². The molecular weight excluding hydrogens is 336 g/mol. The summed E-state index contributed by atoms with van der Waals surface area (Å²) in [5, 5.41) is 6.52. The van der Waals surface area contributed by atoms with E-state index in [2.05, 4.69) is 46.5 Å². The minimum atomic E-state index is -0.128. The Balaban J connectivity index is 1.69. The Morgan fingerprint density at radius 3 is 2.56 bits per heavy atom. The van der Waals surface area contributed by atoms with Crippen LogP contribution in [0.15, 0.2) is 36.7 Å². The lowest BCUT2D eigenvalue weighted by molar-refractivity contribution is 0.102. The SMILES string of the molecule is CCN(CC)c1ccc(NC(=O)c2cncc(NC3CCCC3)c2)c(C)c1. The Hall–Kier alpha value is -2.56. The van der Waals surface area contributed by atoms with E-state index in [1.165, 1.54) is 31.4 Å². The number of anilines is 3. The first kappa shape index (κ1) is 19.2. The Morgan fingerprint density at radius 2 is 1.89 bits per heavy atom. The van der Waals surface area contributed by atoms with Crippen molar-refractivity contribution in [3.8, 4) is 0 Å². The largest absolute Gasteiger partial charge is 0.381 e. The van der Waals surface area contributed by atoms with E-state index < -0.39 is 0 Å². The fraction of sp³-hybridized carbons (Fsp3) is 0.455. The molecule has 1 aliphatic rings. The van der Waals surface area contributed by atoms with Gasteiger partial charge in [0, 0.05) is 42.9 Å². The van der Waals surface area contributed by atoms with Crippen LogP contribution in [-0.4, -0.2) is 30.0 Å². The molecule has 1 heterocycles. The molecule has 1 aliphatic carbocycles. The van der Waals surface area contributed by atoms with Gasteiger partial charge in [-0.25, -0.2) is 0 Å². The second kappa shape index (κ2) is 8.89. The molecule has 0 saturated heterocycles. The molecule has 0 unspecified atom stereocenters. The van der Waals surface area contributed by atoms with Crippen LogP contribution in [0.4, 0.5) is 17.1 Å². The minimum Gasteiger partial charge on any atom is -0.381 e. The number of rotatable bonds is 7. The highest BCUT2D eigenvalue weighted by atomic mass is 16.1. The molecule has 0 aliphatic heterocycles. The third-order valence-electron chi connectivity index (χ3n) is 5.31. The highest BCUT2D eigenvalue weighted by Gasteiger charge is 2.16. The molecule has 5 nitrogen and oxygen atoms in total. The molecule has 1 aromatic carbocycles. The standard InChI is InChI=1S/C22H30N4O/c1-4-26(5-2)20-10-11-21(16(3)12-20)25-22(27)17-13-19(15-23-14-17)24-18-8-6-7-9-18/h10-15,18,24H,4-9H2,1-3H3,(H,25,27). The Labute approximate surface area is 162 Å². The van der Waals surface area contributed by atoms with E-state index in [9.17, 15) is 4.79 Å². The number of carbonyl (C=O) groups is 1. The molecule has 0 atom stereocenters. The molecule has 1 aromatic heterocycles. The van der Waals surface area contributed by atoms with Crippen molar-refractivity contribution in [3.63, 3.8) is 0 Å². The van der Waals surface area contributed by atoms with Gasteiger partial charge in [0.05, 0.1) is 11.3 Å². The average Bonchev–Trinajstić information content (AvgIpc) is 3.18. The second-order valence-corrected chi connectivity index (χ2v) is 7.21. The number of hydrogen-bond acceptors (Lipinski definition) is 4. The quantitative estimate of drug-likeness (QED) is 0.736. The maximum atomic E-state index is 12.7. The number of hydrogen-bond donors (Lipinski definition) is 2. The number of nitrogens with zero attached hydrogens (tertiary/aromatic N) is 2. The molecule has 27 heavy (non-hydrogen) atoms. The van der Waals surface area contributed by atoms with Gasteiger partial charge in [0.15, 0.2) is 0 Å². The van der Waals surface area contributed by atoms with E-state index in [4.69, 9.17) is 0 Å². The number of amides is 1. The third-order valence-corrected chi connectivity index (χ3v) is 5.31. The molecule has 0 bridgehead atoms. The third kappa shape index (κ3) is 4.79. The summed E-state index contributed by atoms with van der Waals surface area (Å²) in [6.07, 6.45) is 8.33. The van der Waals surface area contributed by atoms with Crippen LogP contribution in [0.5, 0.6) is 0 Å². The van der Waals surface area contributed by atoms with Crippen LogP contribution >= 0.6 is 0 Å². The number of aryl methyl sites for hydroxylation is 1. The van der Waals surface area contributed by atoms with E-state index in [1.807, 2.05) is 19.1 Å². The fourth-order valence-corrected chi connectivity index (χ4v) is 3.72. The van der Waals surface area contributed by atoms with Crippen LogP contribution in [0.2, 0.25) is 0 Å². The molecule has 144 valence electrons. The smallest absolute Gasteiger partial charge is 0.257 e. The molecular formula is C22H30N4O. The molecule has 5 heteroatoms. The van der Waals surface area contributed by atoms with Crippen LogP contribution in [0, 0.1) is 6.92 Å². The molecule has 3 rings (SSSR count). The zero-order valence-corrected chi connectivity index (χ0v) is 16.6. The first-order valence-electron chi connectivity index (χ1n) is 9.99. The van der Waals surface area contributed by atoms with Crippen LogP contribution < -0.4 is 15.5 Å². The molecule has 0 spiro atoms. The van der Waals surface area contributed by atoms with E-state index in [0.717, 1.165) is 30.0 Å². The van der Waals surface area contributed by atoms with Gasteiger partial charge < -0.3 is 15.5 Å². The summed E-state index contributed by atoms with van der Waals surface area (Å²) in [6.45, 7) is 8.25. The molecule has 2 N–H and O–H groups in total. The van der Waals surface area contributed by atoms with Crippen LogP contribution in [0.3, 0.4) is 0 Å². The maximum absolute atomic E-state index is 12.7. The monoisotopic (exact) mass is 366 g/mol. The number of pyridine rings is 1. The normalized spacial score (nSPS) is 14.2. The van der Waals surface area contributed by atoms with Gasteiger partial charge >= 0.3 is 0 Å². The van der Waals surface area contributed by atoms with E-state index >= 15 is 0 Å². The molecule has 2 aromatic rings. The number of carbonyl (C=O) groups excluding carboxylic acids is 1. The van der Waals surface area contributed by atoms with E-state index in [1.54, 1.807) is 12.4 Å². The van der Waals surface area contributed by atoms with Crippen LogP contribution in [0.1, 0.15) is 55.5 Å². The summed E-state index contributed by atoms with van der Waals surface area (Å²) in [4.78, 5) is 19.2. The number of nitrogens with one attached hydrogen (secondary N) is 2. The van der Waals surface area contributed by atoms with Gasteiger partial charge in [0.25, 0.3) is 5.91 Å². The number of aromatic nitrogens is 1. The van der Waals surface area contributed by atoms with Crippen molar-refractivity contribution >= 4 is 23.0 Å². The Kier molecular flexibility index (Phi) is 6.32. The number of benzene rings is 1. The van der Waals surface area contributed by atoms with E-state index in [0.29, 0.717) is 11.6 Å². The van der Waals surface area contributed by atoms with Crippen molar-refractivity contribution in [2.45, 2.75) is 52.5 Å². The van der Waals surface area contributed by atoms with Gasteiger partial charge in [-0.2, -0.15) is 0 Å². The molecule has 1 saturated carbocycles.